The van der Waals surface area contributed by atoms with Crippen LogP contribution in [0.3, 0.4) is 0 Å². The van der Waals surface area contributed by atoms with Crippen LogP contribution in [-0.2, 0) is 4.79 Å². The first-order chi connectivity index (χ1) is 6.26. The van der Waals surface area contributed by atoms with Crippen molar-refractivity contribution >= 4 is 12.2 Å². The molecule has 1 atom stereocenters. The minimum Gasteiger partial charge on any atom is -0.479 e. The Morgan fingerprint density at radius 3 is 3.08 bits per heavy atom. The zero-order chi connectivity index (χ0) is 9.31. The number of aliphatic carboxylic acids is 1. The van der Waals surface area contributed by atoms with Gasteiger partial charge in [-0.1, -0.05) is 24.3 Å². The first kappa shape index (κ1) is 7.98. The molecule has 0 spiro atoms. The molecule has 1 aliphatic carbocycles. The highest BCUT2D eigenvalue weighted by Crippen LogP contribution is 2.32. The number of rotatable bonds is 1. The molecule has 0 aromatic carbocycles. The molecule has 2 aliphatic rings. The minimum atomic E-state index is -1.05. The van der Waals surface area contributed by atoms with Crippen LogP contribution in [0.4, 0.5) is 0 Å². The summed E-state index contributed by atoms with van der Waals surface area (Å²) in [7, 11) is 0. The Hall–Kier alpha value is -1.64. The van der Waals surface area contributed by atoms with Gasteiger partial charge in [0.15, 0.2) is 5.54 Å². The Bertz CT molecular complexity index is 363. The number of aliphatic imine (C=N–C) groups is 1. The first-order valence-corrected chi connectivity index (χ1v) is 4.08. The van der Waals surface area contributed by atoms with E-state index in [9.17, 15) is 4.79 Å². The highest BCUT2D eigenvalue weighted by Gasteiger charge is 2.41. The van der Waals surface area contributed by atoms with Gasteiger partial charge in [0, 0.05) is 12.6 Å². The van der Waals surface area contributed by atoms with Crippen molar-refractivity contribution in [3.8, 4) is 0 Å². The molecule has 1 aliphatic heterocycles. The molecule has 3 nitrogen and oxygen atoms in total. The molecule has 0 bridgehead atoms. The highest BCUT2D eigenvalue weighted by atomic mass is 16.4. The summed E-state index contributed by atoms with van der Waals surface area (Å²) < 4.78 is 0. The third kappa shape index (κ3) is 1.04. The van der Waals surface area contributed by atoms with E-state index < -0.39 is 11.5 Å². The van der Waals surface area contributed by atoms with Crippen molar-refractivity contribution in [2.75, 3.05) is 0 Å². The van der Waals surface area contributed by atoms with Gasteiger partial charge in [-0.15, -0.1) is 0 Å². The molecular formula is C10H9NO2. The van der Waals surface area contributed by atoms with Crippen LogP contribution in [0.25, 0.3) is 0 Å². The lowest BCUT2D eigenvalue weighted by molar-refractivity contribution is -0.141. The van der Waals surface area contributed by atoms with E-state index in [1.165, 1.54) is 0 Å². The van der Waals surface area contributed by atoms with E-state index in [1.54, 1.807) is 24.4 Å². The maximum atomic E-state index is 11.1. The van der Waals surface area contributed by atoms with Crippen molar-refractivity contribution in [1.29, 1.82) is 0 Å². The summed E-state index contributed by atoms with van der Waals surface area (Å²) in [5.41, 5.74) is -0.297. The molecule has 0 aromatic heterocycles. The van der Waals surface area contributed by atoms with Gasteiger partial charge >= 0.3 is 5.97 Å². The van der Waals surface area contributed by atoms with Crippen molar-refractivity contribution in [3.63, 3.8) is 0 Å². The van der Waals surface area contributed by atoms with E-state index in [4.69, 9.17) is 5.11 Å². The summed E-state index contributed by atoms with van der Waals surface area (Å²) >= 11 is 0. The Morgan fingerprint density at radius 1 is 1.54 bits per heavy atom. The van der Waals surface area contributed by atoms with E-state index >= 15 is 0 Å². The van der Waals surface area contributed by atoms with Gasteiger partial charge in [-0.2, -0.15) is 0 Å². The predicted molar refractivity (Wildman–Crippen MR) is 49.8 cm³/mol. The van der Waals surface area contributed by atoms with Gasteiger partial charge in [0.25, 0.3) is 0 Å². The van der Waals surface area contributed by atoms with Crippen molar-refractivity contribution in [1.82, 2.24) is 0 Å². The summed E-state index contributed by atoms with van der Waals surface area (Å²) in [4.78, 5) is 15.1. The lowest BCUT2D eigenvalue weighted by atomic mass is 9.82. The van der Waals surface area contributed by atoms with Crippen molar-refractivity contribution in [2.24, 2.45) is 4.99 Å². The van der Waals surface area contributed by atoms with Crippen molar-refractivity contribution < 1.29 is 9.90 Å². The van der Waals surface area contributed by atoms with Crippen LogP contribution in [0.1, 0.15) is 6.42 Å². The van der Waals surface area contributed by atoms with E-state index in [-0.39, 0.29) is 0 Å². The van der Waals surface area contributed by atoms with Gasteiger partial charge in [0.05, 0.1) is 0 Å². The Balaban J connectivity index is 2.51. The lowest BCUT2D eigenvalue weighted by Crippen LogP contribution is -2.39. The normalized spacial score (nSPS) is 29.7. The number of hydrogen-bond acceptors (Lipinski definition) is 2. The maximum absolute atomic E-state index is 11.1. The number of carbonyl (C=O) groups is 1. The fourth-order valence-electron chi connectivity index (χ4n) is 1.57. The Kier molecular flexibility index (Phi) is 1.65. The zero-order valence-electron chi connectivity index (χ0n) is 6.97. The predicted octanol–water partition coefficient (Wildman–Crippen LogP) is 1.34. The molecule has 0 fully saturated rings. The minimum absolute atomic E-state index is 0.439. The third-order valence-electron chi connectivity index (χ3n) is 2.31. The second-order valence-corrected chi connectivity index (χ2v) is 3.06. The lowest BCUT2D eigenvalue weighted by Gasteiger charge is -2.28. The maximum Gasteiger partial charge on any atom is 0.336 e. The SMILES string of the molecule is O=C(O)C12CC=CC=C1C=CC=N2. The van der Waals surface area contributed by atoms with E-state index in [2.05, 4.69) is 4.99 Å². The number of carboxylic acids is 1. The standard InChI is InChI=1S/C10H9NO2/c12-9(13)10-6-2-1-4-8(10)5-3-7-11-10/h1-5,7H,6H2,(H,12,13). The average Bonchev–Trinajstić information content (AvgIpc) is 2.17. The zero-order valence-corrected chi connectivity index (χ0v) is 6.97. The van der Waals surface area contributed by atoms with Gasteiger partial charge in [-0.05, 0) is 11.6 Å². The molecule has 2 rings (SSSR count). The van der Waals surface area contributed by atoms with Crippen LogP contribution in [0, 0.1) is 0 Å². The molecule has 0 radical (unpaired) electrons. The van der Waals surface area contributed by atoms with Crippen LogP contribution < -0.4 is 0 Å². The third-order valence-corrected chi connectivity index (χ3v) is 2.31. The number of fused-ring (bicyclic) bond motifs is 1. The van der Waals surface area contributed by atoms with Crippen LogP contribution in [0.5, 0.6) is 0 Å². The Morgan fingerprint density at radius 2 is 2.38 bits per heavy atom. The number of carboxylic acid groups (broad SMARTS) is 1. The second kappa shape index (κ2) is 2.69. The summed E-state index contributed by atoms with van der Waals surface area (Å²) in [5.74, 6) is -0.885. The molecule has 1 N–H and O–H groups in total. The summed E-state index contributed by atoms with van der Waals surface area (Å²) in [5, 5.41) is 9.10. The fraction of sp³-hybridized carbons (Fsp3) is 0.200. The largest absolute Gasteiger partial charge is 0.479 e. The molecule has 3 heteroatoms. The molecule has 66 valence electrons. The van der Waals surface area contributed by atoms with Gasteiger partial charge in [0.2, 0.25) is 0 Å². The number of dihydropyridines is 1. The van der Waals surface area contributed by atoms with Gasteiger partial charge < -0.3 is 5.11 Å². The average molecular weight is 175 g/mol. The summed E-state index contributed by atoms with van der Waals surface area (Å²) in [6.07, 6.45) is 11.0. The second-order valence-electron chi connectivity index (χ2n) is 3.06. The molecule has 0 saturated carbocycles. The fourth-order valence-corrected chi connectivity index (χ4v) is 1.57. The Labute approximate surface area is 75.8 Å². The van der Waals surface area contributed by atoms with Crippen LogP contribution >= 0.6 is 0 Å². The van der Waals surface area contributed by atoms with Gasteiger partial charge in [0.1, 0.15) is 0 Å². The summed E-state index contributed by atoms with van der Waals surface area (Å²) in [6, 6.07) is 0. The van der Waals surface area contributed by atoms with Crippen LogP contribution in [0.15, 0.2) is 40.9 Å². The number of hydrogen-bond donors (Lipinski definition) is 1. The molecule has 13 heavy (non-hydrogen) atoms. The topological polar surface area (TPSA) is 49.7 Å². The molecule has 1 heterocycles. The van der Waals surface area contributed by atoms with Crippen LogP contribution in [-0.4, -0.2) is 22.8 Å². The van der Waals surface area contributed by atoms with E-state index in [0.29, 0.717) is 6.42 Å². The van der Waals surface area contributed by atoms with Crippen LogP contribution in [0.2, 0.25) is 0 Å². The monoisotopic (exact) mass is 175 g/mol. The smallest absolute Gasteiger partial charge is 0.336 e. The quantitative estimate of drug-likeness (QED) is 0.653. The molecule has 1 unspecified atom stereocenters. The number of allylic oxidation sites excluding steroid dienone is 3. The molecular weight excluding hydrogens is 166 g/mol. The first-order valence-electron chi connectivity index (χ1n) is 4.08. The van der Waals surface area contributed by atoms with Crippen molar-refractivity contribution in [3.05, 3.63) is 36.0 Å². The van der Waals surface area contributed by atoms with E-state index in [1.807, 2.05) is 12.2 Å². The molecule has 0 saturated heterocycles. The van der Waals surface area contributed by atoms with E-state index in [0.717, 1.165) is 5.57 Å². The number of nitrogens with zero attached hydrogens (tertiary/aromatic N) is 1. The molecule has 0 amide bonds. The van der Waals surface area contributed by atoms with Gasteiger partial charge in [-0.25, -0.2) is 4.79 Å². The van der Waals surface area contributed by atoms with Gasteiger partial charge in [-0.3, -0.25) is 4.99 Å². The highest BCUT2D eigenvalue weighted by molar-refractivity contribution is 5.91. The molecule has 0 aromatic rings. The summed E-state index contributed by atoms with van der Waals surface area (Å²) in [6.45, 7) is 0. The van der Waals surface area contributed by atoms with Crippen molar-refractivity contribution in [2.45, 2.75) is 12.0 Å².